The summed E-state index contributed by atoms with van der Waals surface area (Å²) in [4.78, 5) is 11.8. The second kappa shape index (κ2) is 11.4. The third-order valence-electron chi connectivity index (χ3n) is 4.91. The molecule has 0 amide bonds. The number of hydrogen-bond acceptors (Lipinski definition) is 8. The molecule has 1 heterocycles. The van der Waals surface area contributed by atoms with Crippen molar-refractivity contribution < 1.29 is 32.2 Å². The third-order valence-corrected chi connectivity index (χ3v) is 5.52. The van der Waals surface area contributed by atoms with Gasteiger partial charge in [-0.1, -0.05) is 19.1 Å². The first-order chi connectivity index (χ1) is 16.2. The van der Waals surface area contributed by atoms with Crippen LogP contribution in [0.2, 0.25) is 0 Å². The Hall–Kier alpha value is -3.08. The summed E-state index contributed by atoms with van der Waals surface area (Å²) >= 11 is 0. The van der Waals surface area contributed by atoms with Crippen molar-refractivity contribution in [2.45, 2.75) is 32.8 Å². The quantitative estimate of drug-likeness (QED) is 0.260. The van der Waals surface area contributed by atoms with Crippen LogP contribution in [0.15, 0.2) is 46.9 Å². The fourth-order valence-corrected chi connectivity index (χ4v) is 3.94. The molecule has 1 atom stereocenters. The van der Waals surface area contributed by atoms with Crippen molar-refractivity contribution in [3.05, 3.63) is 53.8 Å². The van der Waals surface area contributed by atoms with Crippen LogP contribution in [0.1, 0.15) is 37.2 Å². The average molecular weight is 491 g/mol. The van der Waals surface area contributed by atoms with E-state index in [9.17, 15) is 18.3 Å². The van der Waals surface area contributed by atoms with Crippen LogP contribution in [0.5, 0.6) is 11.5 Å². The number of furan rings is 1. The van der Waals surface area contributed by atoms with E-state index in [2.05, 4.69) is 10.0 Å². The lowest BCUT2D eigenvalue weighted by Gasteiger charge is -2.14. The number of rotatable bonds is 12. The number of carbonyl (C=O) groups excluding carboxylic acids is 1. The summed E-state index contributed by atoms with van der Waals surface area (Å²) < 4.78 is 42.1. The molecule has 2 aromatic carbocycles. The van der Waals surface area contributed by atoms with E-state index in [0.717, 1.165) is 6.26 Å². The fourth-order valence-electron chi connectivity index (χ4n) is 3.38. The summed E-state index contributed by atoms with van der Waals surface area (Å²) in [6, 6.07) is 11.9. The molecule has 0 spiro atoms. The van der Waals surface area contributed by atoms with E-state index in [0.29, 0.717) is 65.5 Å². The predicted octanol–water partition coefficient (Wildman–Crippen LogP) is 3.52. The van der Waals surface area contributed by atoms with Crippen LogP contribution in [-0.2, 0) is 14.8 Å². The zero-order valence-corrected chi connectivity index (χ0v) is 20.3. The molecule has 3 rings (SSSR count). The van der Waals surface area contributed by atoms with Crippen LogP contribution in [-0.4, -0.2) is 45.4 Å². The summed E-state index contributed by atoms with van der Waals surface area (Å²) in [5.74, 6) is 1.28. The highest BCUT2D eigenvalue weighted by Crippen LogP contribution is 2.35. The molecule has 0 radical (unpaired) electrons. The molecule has 0 aliphatic carbocycles. The summed E-state index contributed by atoms with van der Waals surface area (Å²) in [6.07, 6.45) is 1.32. The Morgan fingerprint density at radius 2 is 2.00 bits per heavy atom. The van der Waals surface area contributed by atoms with Gasteiger partial charge in [0.25, 0.3) is 0 Å². The van der Waals surface area contributed by atoms with E-state index < -0.39 is 16.1 Å². The van der Waals surface area contributed by atoms with Crippen molar-refractivity contribution >= 4 is 32.6 Å². The van der Waals surface area contributed by atoms with Gasteiger partial charge in [-0.15, -0.1) is 0 Å². The van der Waals surface area contributed by atoms with Gasteiger partial charge in [0.15, 0.2) is 5.75 Å². The van der Waals surface area contributed by atoms with E-state index in [-0.39, 0.29) is 12.5 Å². The van der Waals surface area contributed by atoms with Crippen LogP contribution in [0, 0.1) is 6.92 Å². The topological polar surface area (TPSA) is 127 Å². The van der Waals surface area contributed by atoms with Crippen LogP contribution >= 0.6 is 0 Å². The van der Waals surface area contributed by atoms with Crippen molar-refractivity contribution in [2.75, 3.05) is 30.7 Å². The van der Waals surface area contributed by atoms with Gasteiger partial charge in [0, 0.05) is 31.3 Å². The molecule has 9 nitrogen and oxygen atoms in total. The second-order valence-electron chi connectivity index (χ2n) is 7.94. The Balaban J connectivity index is 1.49. The van der Waals surface area contributed by atoms with Crippen LogP contribution < -0.4 is 19.5 Å². The van der Waals surface area contributed by atoms with E-state index in [1.165, 1.54) is 0 Å². The van der Waals surface area contributed by atoms with E-state index in [4.69, 9.17) is 13.9 Å². The van der Waals surface area contributed by atoms with Gasteiger partial charge >= 0.3 is 5.97 Å². The molecule has 3 aromatic rings. The zero-order valence-electron chi connectivity index (χ0n) is 19.5. The predicted molar refractivity (Wildman–Crippen MR) is 130 cm³/mol. The minimum atomic E-state index is -3.39. The van der Waals surface area contributed by atoms with Crippen LogP contribution in [0.3, 0.4) is 0 Å². The van der Waals surface area contributed by atoms with Gasteiger partial charge in [0.05, 0.1) is 17.7 Å². The SMILES string of the molecule is CCCC(=O)Oc1c(C)oc2cc(OCCNC[C@H](O)c3cccc(NS(C)(=O)=O)c3)ccc12. The number of carbonyl (C=O) groups is 1. The molecule has 0 unspecified atom stereocenters. The Bertz CT molecular complexity index is 1240. The van der Waals surface area contributed by atoms with E-state index >= 15 is 0 Å². The lowest BCUT2D eigenvalue weighted by molar-refractivity contribution is -0.134. The minimum absolute atomic E-state index is 0.272. The van der Waals surface area contributed by atoms with E-state index in [1.807, 2.05) is 6.92 Å². The molecule has 0 bridgehead atoms. The van der Waals surface area contributed by atoms with Crippen molar-refractivity contribution in [2.24, 2.45) is 0 Å². The minimum Gasteiger partial charge on any atom is -0.492 e. The maximum atomic E-state index is 11.8. The van der Waals surface area contributed by atoms with Crippen molar-refractivity contribution in [1.29, 1.82) is 0 Å². The molecule has 3 N–H and O–H groups in total. The Morgan fingerprint density at radius 1 is 1.21 bits per heavy atom. The molecule has 0 aliphatic heterocycles. The molecule has 0 fully saturated rings. The second-order valence-corrected chi connectivity index (χ2v) is 9.69. The van der Waals surface area contributed by atoms with Crippen molar-refractivity contribution in [1.82, 2.24) is 5.32 Å². The maximum absolute atomic E-state index is 11.8. The number of hydrogen-bond donors (Lipinski definition) is 3. The highest BCUT2D eigenvalue weighted by molar-refractivity contribution is 7.92. The van der Waals surface area contributed by atoms with Gasteiger partial charge in [-0.25, -0.2) is 8.42 Å². The first-order valence-electron chi connectivity index (χ1n) is 11.0. The lowest BCUT2D eigenvalue weighted by atomic mass is 10.1. The number of esters is 1. The molecule has 1 aromatic heterocycles. The van der Waals surface area contributed by atoms with Crippen molar-refractivity contribution in [3.63, 3.8) is 0 Å². The van der Waals surface area contributed by atoms with Gasteiger partial charge < -0.3 is 24.3 Å². The van der Waals surface area contributed by atoms with Crippen LogP contribution in [0.4, 0.5) is 5.69 Å². The lowest BCUT2D eigenvalue weighted by Crippen LogP contribution is -2.26. The highest BCUT2D eigenvalue weighted by Gasteiger charge is 2.16. The number of nitrogens with one attached hydrogen (secondary N) is 2. The van der Waals surface area contributed by atoms with Gasteiger partial charge in [-0.3, -0.25) is 9.52 Å². The molecular formula is C24H30N2O7S. The highest BCUT2D eigenvalue weighted by atomic mass is 32.2. The summed E-state index contributed by atoms with van der Waals surface area (Å²) in [5.41, 5.74) is 1.56. The zero-order chi connectivity index (χ0) is 24.7. The van der Waals surface area contributed by atoms with Crippen LogP contribution in [0.25, 0.3) is 11.0 Å². The monoisotopic (exact) mass is 490 g/mol. The molecule has 34 heavy (non-hydrogen) atoms. The number of sulfonamides is 1. The number of aliphatic hydroxyl groups excluding tert-OH is 1. The Labute approximate surface area is 199 Å². The number of ether oxygens (including phenoxy) is 2. The first kappa shape index (κ1) is 25.5. The molecule has 0 aliphatic rings. The van der Waals surface area contributed by atoms with E-state index in [1.54, 1.807) is 49.4 Å². The largest absolute Gasteiger partial charge is 0.492 e. The number of fused-ring (bicyclic) bond motifs is 1. The van der Waals surface area contributed by atoms with Crippen molar-refractivity contribution in [3.8, 4) is 11.5 Å². The standard InChI is InChI=1S/C24H30N2O7S/c1-4-6-23(28)33-24-16(2)32-22-14-19(9-10-20(22)24)31-12-11-25-15-21(27)17-7-5-8-18(13-17)26-34(3,29)30/h5,7-10,13-14,21,25-27H,4,6,11-12,15H2,1-3H3/t21-/m0/s1. The average Bonchev–Trinajstić information content (AvgIpc) is 3.06. The smallest absolute Gasteiger partial charge is 0.311 e. The van der Waals surface area contributed by atoms with Gasteiger partial charge in [0.1, 0.15) is 23.7 Å². The maximum Gasteiger partial charge on any atom is 0.311 e. The van der Waals surface area contributed by atoms with Gasteiger partial charge in [-0.05, 0) is 43.2 Å². The summed E-state index contributed by atoms with van der Waals surface area (Å²) in [7, 11) is -3.39. The molecule has 10 heteroatoms. The molecule has 184 valence electrons. The Morgan fingerprint density at radius 3 is 2.74 bits per heavy atom. The molecule has 0 saturated carbocycles. The summed E-state index contributed by atoms with van der Waals surface area (Å²) in [5, 5.41) is 14.2. The number of aliphatic hydroxyl groups is 1. The number of anilines is 1. The Kier molecular flexibility index (Phi) is 8.54. The molecular weight excluding hydrogens is 460 g/mol. The fraction of sp³-hybridized carbons (Fsp3) is 0.375. The van der Waals surface area contributed by atoms with Gasteiger partial charge in [-0.2, -0.15) is 0 Å². The number of benzene rings is 2. The molecule has 0 saturated heterocycles. The summed E-state index contributed by atoms with van der Waals surface area (Å²) in [6.45, 7) is 4.77. The third kappa shape index (κ3) is 7.21. The number of aryl methyl sites for hydroxylation is 1. The normalized spacial score (nSPS) is 12.5. The van der Waals surface area contributed by atoms with Gasteiger partial charge in [0.2, 0.25) is 10.0 Å². The first-order valence-corrected chi connectivity index (χ1v) is 12.9.